The third-order valence-corrected chi connectivity index (χ3v) is 4.06. The predicted octanol–water partition coefficient (Wildman–Crippen LogP) is 5.00. The summed E-state index contributed by atoms with van der Waals surface area (Å²) in [4.78, 5) is 4.71. The van der Waals surface area contributed by atoms with Crippen molar-refractivity contribution in [3.63, 3.8) is 0 Å². The van der Waals surface area contributed by atoms with Gasteiger partial charge in [0.05, 0.1) is 18.3 Å². The topological polar surface area (TPSA) is 46.5 Å². The van der Waals surface area contributed by atoms with Crippen molar-refractivity contribution in [1.82, 2.24) is 4.98 Å². The molecule has 0 atom stereocenters. The summed E-state index contributed by atoms with van der Waals surface area (Å²) in [6.45, 7) is 8.90. The molecule has 1 aromatic heterocycles. The number of hydrogen-bond donors (Lipinski definition) is 1. The van der Waals surface area contributed by atoms with Crippen LogP contribution in [0.2, 0.25) is 0 Å². The van der Waals surface area contributed by atoms with Crippen LogP contribution in [0.1, 0.15) is 29.2 Å². The molecule has 0 spiro atoms. The molecular weight excluding hydrogens is 310 g/mol. The Morgan fingerprint density at radius 3 is 2.68 bits per heavy atom. The first-order valence-electron chi connectivity index (χ1n) is 8.48. The highest BCUT2D eigenvalue weighted by molar-refractivity contribution is 5.87. The van der Waals surface area contributed by atoms with E-state index in [0.717, 1.165) is 22.6 Å². The molecule has 3 aromatic rings. The number of rotatable bonds is 5. The summed E-state index contributed by atoms with van der Waals surface area (Å²) in [5.41, 5.74) is 8.59. The molecule has 3 rings (SSSR count). The number of nitrogens with zero attached hydrogens (tertiary/aromatic N) is 2. The van der Waals surface area contributed by atoms with Gasteiger partial charge < -0.3 is 4.74 Å². The maximum Gasteiger partial charge on any atom is 0.147 e. The molecule has 4 nitrogen and oxygen atoms in total. The van der Waals surface area contributed by atoms with Crippen LogP contribution < -0.4 is 10.2 Å². The Kier molecular flexibility index (Phi) is 4.98. The van der Waals surface area contributed by atoms with E-state index in [9.17, 15) is 0 Å². The number of hydrazone groups is 1. The molecule has 2 aromatic carbocycles. The first-order valence-corrected chi connectivity index (χ1v) is 8.48. The zero-order chi connectivity index (χ0) is 17.8. The minimum absolute atomic E-state index is 0.627. The third kappa shape index (κ3) is 3.79. The van der Waals surface area contributed by atoms with Crippen LogP contribution in [0.5, 0.6) is 5.75 Å². The van der Waals surface area contributed by atoms with Crippen LogP contribution in [0, 0.1) is 20.8 Å². The third-order valence-electron chi connectivity index (χ3n) is 4.06. The van der Waals surface area contributed by atoms with Crippen molar-refractivity contribution in [3.8, 4) is 5.75 Å². The molecule has 0 amide bonds. The summed E-state index contributed by atoms with van der Waals surface area (Å²) in [5, 5.41) is 5.52. The van der Waals surface area contributed by atoms with Crippen molar-refractivity contribution < 1.29 is 4.74 Å². The molecule has 0 aliphatic rings. The molecule has 0 unspecified atom stereocenters. The molecular formula is C21H23N3O. The van der Waals surface area contributed by atoms with E-state index in [-0.39, 0.29) is 0 Å². The smallest absolute Gasteiger partial charge is 0.147 e. The molecule has 25 heavy (non-hydrogen) atoms. The summed E-state index contributed by atoms with van der Waals surface area (Å²) in [6.07, 6.45) is 1.76. The van der Waals surface area contributed by atoms with Gasteiger partial charge in [-0.3, -0.25) is 5.43 Å². The van der Waals surface area contributed by atoms with Crippen LogP contribution >= 0.6 is 0 Å². The molecule has 128 valence electrons. The summed E-state index contributed by atoms with van der Waals surface area (Å²) in [5.74, 6) is 1.56. The van der Waals surface area contributed by atoms with Gasteiger partial charge in [0.15, 0.2) is 0 Å². The number of pyridine rings is 1. The highest BCUT2D eigenvalue weighted by Gasteiger charge is 2.06. The van der Waals surface area contributed by atoms with E-state index in [1.807, 2.05) is 37.3 Å². The zero-order valence-electron chi connectivity index (χ0n) is 15.1. The Bertz CT molecular complexity index is 932. The fraction of sp³-hybridized carbons (Fsp3) is 0.238. The number of hydrogen-bond acceptors (Lipinski definition) is 4. The molecule has 4 heteroatoms. The van der Waals surface area contributed by atoms with Gasteiger partial charge in [-0.15, -0.1) is 0 Å². The van der Waals surface area contributed by atoms with Gasteiger partial charge in [-0.2, -0.15) is 5.10 Å². The molecule has 0 aliphatic carbocycles. The van der Waals surface area contributed by atoms with Gasteiger partial charge in [-0.05, 0) is 63.1 Å². The Morgan fingerprint density at radius 1 is 1.08 bits per heavy atom. The molecule has 0 saturated heterocycles. The Morgan fingerprint density at radius 2 is 1.88 bits per heavy atom. The number of aryl methyl sites for hydroxylation is 3. The molecule has 0 radical (unpaired) electrons. The molecule has 1 N–H and O–H groups in total. The number of benzene rings is 2. The Labute approximate surface area is 148 Å². The first kappa shape index (κ1) is 17.0. The van der Waals surface area contributed by atoms with E-state index in [1.54, 1.807) is 6.21 Å². The lowest BCUT2D eigenvalue weighted by molar-refractivity contribution is 0.340. The standard InChI is InChI=1S/C21H23N3O/c1-5-25-19-9-7-6-8-17(19)13-22-24-20-12-15(3)18-11-14(2)10-16(4)21(18)23-20/h6-13H,5H2,1-4H3,(H,23,24). The van der Waals surface area contributed by atoms with E-state index < -0.39 is 0 Å². The highest BCUT2D eigenvalue weighted by Crippen LogP contribution is 2.24. The van der Waals surface area contributed by atoms with Crippen LogP contribution in [-0.4, -0.2) is 17.8 Å². The van der Waals surface area contributed by atoms with Crippen molar-refractivity contribution in [3.05, 3.63) is 64.7 Å². The van der Waals surface area contributed by atoms with E-state index in [1.165, 1.54) is 22.1 Å². The number of aromatic nitrogens is 1. The summed E-state index contributed by atoms with van der Waals surface area (Å²) in [6, 6.07) is 14.2. The fourth-order valence-corrected chi connectivity index (χ4v) is 2.94. The summed E-state index contributed by atoms with van der Waals surface area (Å²) in [7, 11) is 0. The van der Waals surface area contributed by atoms with Crippen molar-refractivity contribution in [2.24, 2.45) is 5.10 Å². The van der Waals surface area contributed by atoms with Crippen molar-refractivity contribution in [1.29, 1.82) is 0 Å². The lowest BCUT2D eigenvalue weighted by atomic mass is 10.0. The number of fused-ring (bicyclic) bond motifs is 1. The minimum Gasteiger partial charge on any atom is -0.493 e. The minimum atomic E-state index is 0.627. The second-order valence-electron chi connectivity index (χ2n) is 6.14. The normalized spacial score (nSPS) is 11.2. The van der Waals surface area contributed by atoms with Crippen LogP contribution in [0.15, 0.2) is 47.6 Å². The van der Waals surface area contributed by atoms with E-state index in [0.29, 0.717) is 6.61 Å². The van der Waals surface area contributed by atoms with Crippen molar-refractivity contribution in [2.75, 3.05) is 12.0 Å². The van der Waals surface area contributed by atoms with E-state index in [2.05, 4.69) is 43.4 Å². The van der Waals surface area contributed by atoms with Crippen LogP contribution in [0.25, 0.3) is 10.9 Å². The Hall–Kier alpha value is -2.88. The largest absolute Gasteiger partial charge is 0.493 e. The van der Waals surface area contributed by atoms with Gasteiger partial charge in [0.2, 0.25) is 0 Å². The first-order chi connectivity index (χ1) is 12.1. The van der Waals surface area contributed by atoms with Crippen LogP contribution in [0.3, 0.4) is 0 Å². The van der Waals surface area contributed by atoms with Crippen molar-refractivity contribution in [2.45, 2.75) is 27.7 Å². The maximum atomic E-state index is 5.61. The SMILES string of the molecule is CCOc1ccccc1C=NNc1cc(C)c2cc(C)cc(C)c2n1. The molecule has 0 fully saturated rings. The Balaban J connectivity index is 1.87. The quantitative estimate of drug-likeness (QED) is 0.527. The maximum absolute atomic E-state index is 5.61. The molecule has 1 heterocycles. The van der Waals surface area contributed by atoms with E-state index >= 15 is 0 Å². The van der Waals surface area contributed by atoms with Gasteiger partial charge in [0.1, 0.15) is 11.6 Å². The molecule has 0 aliphatic heterocycles. The summed E-state index contributed by atoms with van der Waals surface area (Å²) >= 11 is 0. The average Bonchev–Trinajstić information content (AvgIpc) is 2.58. The van der Waals surface area contributed by atoms with Gasteiger partial charge >= 0.3 is 0 Å². The zero-order valence-corrected chi connectivity index (χ0v) is 15.1. The molecule has 0 bridgehead atoms. The van der Waals surface area contributed by atoms with Crippen LogP contribution in [0.4, 0.5) is 5.82 Å². The number of anilines is 1. The van der Waals surface area contributed by atoms with Crippen LogP contribution in [-0.2, 0) is 0 Å². The molecule has 0 saturated carbocycles. The van der Waals surface area contributed by atoms with Gasteiger partial charge in [0.25, 0.3) is 0 Å². The number of ether oxygens (including phenoxy) is 1. The van der Waals surface area contributed by atoms with Gasteiger partial charge in [-0.1, -0.05) is 23.8 Å². The number of para-hydroxylation sites is 1. The fourth-order valence-electron chi connectivity index (χ4n) is 2.94. The average molecular weight is 333 g/mol. The summed E-state index contributed by atoms with van der Waals surface area (Å²) < 4.78 is 5.61. The van der Waals surface area contributed by atoms with Gasteiger partial charge in [0, 0.05) is 10.9 Å². The second-order valence-corrected chi connectivity index (χ2v) is 6.14. The monoisotopic (exact) mass is 333 g/mol. The van der Waals surface area contributed by atoms with Crippen molar-refractivity contribution >= 4 is 22.9 Å². The number of nitrogens with one attached hydrogen (secondary N) is 1. The second kappa shape index (κ2) is 7.34. The highest BCUT2D eigenvalue weighted by atomic mass is 16.5. The van der Waals surface area contributed by atoms with E-state index in [4.69, 9.17) is 9.72 Å². The lowest BCUT2D eigenvalue weighted by Gasteiger charge is -2.09. The van der Waals surface area contributed by atoms with Gasteiger partial charge in [-0.25, -0.2) is 4.98 Å². The predicted molar refractivity (Wildman–Crippen MR) is 105 cm³/mol. The lowest BCUT2D eigenvalue weighted by Crippen LogP contribution is -1.99.